The molecule has 0 saturated heterocycles. The van der Waals surface area contributed by atoms with E-state index >= 15 is 0 Å². The molecule has 0 spiro atoms. The summed E-state index contributed by atoms with van der Waals surface area (Å²) in [4.78, 5) is 6.90. The molecule has 13 heteroatoms. The first-order valence-electron chi connectivity index (χ1n) is 31.2. The molecule has 0 atom stereocenters. The zero-order valence-electron chi connectivity index (χ0n) is 49.8. The Morgan fingerprint density at radius 2 is 0.630 bits per heavy atom. The summed E-state index contributed by atoms with van der Waals surface area (Å²) in [6.07, 6.45) is 2.16. The number of hydrogen-bond acceptors (Lipinski definition) is 10. The van der Waals surface area contributed by atoms with Crippen molar-refractivity contribution in [2.45, 2.75) is 0 Å². The molecular weight excluding hydrogens is 1150 g/mol. The van der Waals surface area contributed by atoms with Crippen molar-refractivity contribution in [2.75, 3.05) is 30.6 Å². The van der Waals surface area contributed by atoms with Gasteiger partial charge >= 0.3 is 0 Å². The number of para-hydroxylation sites is 8. The molecule has 92 heavy (non-hydrogen) atoms. The van der Waals surface area contributed by atoms with Gasteiger partial charge in [0.25, 0.3) is 20.1 Å². The Kier molecular flexibility index (Phi) is 11.9. The Hall–Kier alpha value is -11.4. The van der Waals surface area contributed by atoms with E-state index in [4.69, 9.17) is 18.9 Å². The van der Waals surface area contributed by atoms with E-state index < -0.39 is 0 Å². The van der Waals surface area contributed by atoms with E-state index in [1.165, 1.54) is 5.46 Å². The van der Waals surface area contributed by atoms with Gasteiger partial charge in [0.2, 0.25) is 0 Å². The van der Waals surface area contributed by atoms with Gasteiger partial charge in [-0.25, -0.2) is 0 Å². The van der Waals surface area contributed by atoms with Crippen LogP contribution in [0.1, 0.15) is 0 Å². The molecule has 0 fully saturated rings. The second-order valence-corrected chi connectivity index (χ2v) is 24.7. The van der Waals surface area contributed by atoms with Crippen molar-refractivity contribution in [1.82, 2.24) is 0 Å². The van der Waals surface area contributed by atoms with E-state index in [9.17, 15) is 0 Å². The second kappa shape index (κ2) is 20.8. The van der Waals surface area contributed by atoms with Crippen molar-refractivity contribution < 1.29 is 18.9 Å². The van der Waals surface area contributed by atoms with Crippen LogP contribution in [0.4, 0.5) is 73.9 Å². The van der Waals surface area contributed by atoms with Crippen LogP contribution in [0, 0.1) is 0 Å². The van der Waals surface area contributed by atoms with Gasteiger partial charge in [0.15, 0.2) is 0 Å². The molecule has 0 amide bonds. The van der Waals surface area contributed by atoms with Gasteiger partial charge in [0, 0.05) is 93.6 Å². The largest absolute Gasteiger partial charge is 0.458 e. The van der Waals surface area contributed by atoms with Gasteiger partial charge < -0.3 is 39.0 Å². The summed E-state index contributed by atoms with van der Waals surface area (Å²) < 4.78 is 31.6. The number of benzene rings is 13. The first-order chi connectivity index (χ1) is 45.6. The maximum Gasteiger partial charge on any atom is 0.260 e. The summed E-state index contributed by atoms with van der Waals surface area (Å²) in [5.74, 6) is 6.33. The molecule has 0 bridgehead atoms. The molecule has 13 aromatic carbocycles. The summed E-state index contributed by atoms with van der Waals surface area (Å²) in [5.41, 5.74) is 23.0. The Morgan fingerprint density at radius 1 is 0.272 bits per heavy atom. The third kappa shape index (κ3) is 8.18. The van der Waals surface area contributed by atoms with E-state index in [0.717, 1.165) is 164 Å². The number of anilines is 13. The molecule has 6 aliphatic rings. The highest BCUT2D eigenvalue weighted by molar-refractivity contribution is 8.00. The normalized spacial score (nSPS) is 13.2. The maximum absolute atomic E-state index is 7.56. The first-order valence-corrected chi connectivity index (χ1v) is 32.4. The topological polar surface area (TPSA) is 61.9 Å². The number of hydrogen-bond donors (Lipinski definition) is 1. The zero-order chi connectivity index (χ0) is 60.5. The molecule has 0 aromatic heterocycles. The van der Waals surface area contributed by atoms with Crippen LogP contribution in [0.2, 0.25) is 0 Å². The molecule has 9 nitrogen and oxygen atoms in total. The lowest BCUT2D eigenvalue weighted by atomic mass is 9.30. The second-order valence-electron chi connectivity index (χ2n) is 24.0. The summed E-state index contributed by atoms with van der Waals surface area (Å²) in [7, 11) is 0. The SMILES string of the molecule is CSN1c2cc3c(cc2B2c4ccccc4Oc4cc(N(c5ccccc5)c5ccccc5)cc1c42)B1c2cc4c(cc2Oc2cc(N(c5ccccc5)c5ccccc5)cc(c21)O3)Nc1cc(N(c2ccccc2)c2ccccc2)cc2c1B4c1ccccc1O2. The quantitative estimate of drug-likeness (QED) is 0.106. The van der Waals surface area contributed by atoms with Crippen LogP contribution in [0.15, 0.2) is 291 Å². The van der Waals surface area contributed by atoms with Crippen molar-refractivity contribution in [2.24, 2.45) is 0 Å². The minimum absolute atomic E-state index is 0.174. The van der Waals surface area contributed by atoms with E-state index in [0.29, 0.717) is 0 Å². The van der Waals surface area contributed by atoms with Crippen molar-refractivity contribution in [1.29, 1.82) is 0 Å². The van der Waals surface area contributed by atoms with Crippen LogP contribution < -0.4 is 92.4 Å². The number of ether oxygens (including phenoxy) is 4. The first kappa shape index (κ1) is 52.5. The molecule has 0 radical (unpaired) electrons. The van der Waals surface area contributed by atoms with Gasteiger partial charge in [-0.1, -0.05) is 158 Å². The fourth-order valence-electron chi connectivity index (χ4n) is 15.1. The molecule has 432 valence electrons. The average molecular weight is 1200 g/mol. The molecule has 1 N–H and O–H groups in total. The number of rotatable bonds is 10. The fourth-order valence-corrected chi connectivity index (χ4v) is 15.8. The molecule has 13 aromatic rings. The summed E-state index contributed by atoms with van der Waals surface area (Å²) in [6, 6.07) is 103. The van der Waals surface area contributed by atoms with Crippen molar-refractivity contribution in [3.63, 3.8) is 0 Å². The Morgan fingerprint density at radius 3 is 1.10 bits per heavy atom. The van der Waals surface area contributed by atoms with Crippen LogP contribution in [0.3, 0.4) is 0 Å². The summed E-state index contributed by atoms with van der Waals surface area (Å²) in [5, 5.41) is 4.02. The van der Waals surface area contributed by atoms with E-state index in [-0.39, 0.29) is 20.1 Å². The lowest BCUT2D eigenvalue weighted by Crippen LogP contribution is -2.64. The third-order valence-electron chi connectivity index (χ3n) is 18.9. The highest BCUT2D eigenvalue weighted by Gasteiger charge is 2.48. The Labute approximate surface area is 538 Å². The van der Waals surface area contributed by atoms with Gasteiger partial charge in [-0.05, 0) is 153 Å². The number of nitrogens with zero attached hydrogens (tertiary/aromatic N) is 4. The maximum atomic E-state index is 7.56. The van der Waals surface area contributed by atoms with Crippen molar-refractivity contribution in [3.05, 3.63) is 291 Å². The van der Waals surface area contributed by atoms with Crippen molar-refractivity contribution >= 4 is 155 Å². The Balaban J connectivity index is 0.826. The van der Waals surface area contributed by atoms with Crippen LogP contribution in [0.5, 0.6) is 46.0 Å². The van der Waals surface area contributed by atoms with Crippen LogP contribution in [0.25, 0.3) is 0 Å². The van der Waals surface area contributed by atoms with Crippen LogP contribution >= 0.6 is 11.9 Å². The van der Waals surface area contributed by atoms with Crippen molar-refractivity contribution in [3.8, 4) is 46.0 Å². The lowest BCUT2D eigenvalue weighted by molar-refractivity contribution is 0.465. The monoisotopic (exact) mass is 1200 g/mol. The lowest BCUT2D eigenvalue weighted by Gasteiger charge is -2.41. The van der Waals surface area contributed by atoms with Gasteiger partial charge in [-0.15, -0.1) is 0 Å². The number of nitrogens with one attached hydrogen (secondary N) is 1. The standard InChI is InChI=1S/C79H52B3N5O4S/c1-92-87-67-49-72-64(47-62(67)81-60-37-21-23-39-70(60)89-74-43-57(41-68(87)78(74)81)85(52-28-12-4-13-29-52)53-30-14-5-15-31-53)82-63-46-61-65(48-71(63)90-75-44-58(45-76(91-72)79(75)82)86(54-32-16-6-17-33-54)55-34-18-7-19-35-55)83-66-40-56(42-73-77(66)80(61)59-36-20-22-38-69(59)88-73)84(50-24-8-2-9-25-50)51-26-10-3-11-27-51/h2-49,83H,1H3. The summed E-state index contributed by atoms with van der Waals surface area (Å²) in [6.45, 7) is -0.662. The molecule has 0 saturated carbocycles. The smallest absolute Gasteiger partial charge is 0.260 e. The van der Waals surface area contributed by atoms with E-state index in [1.807, 2.05) is 0 Å². The Bertz CT molecular complexity index is 5020. The molecule has 6 aliphatic heterocycles. The van der Waals surface area contributed by atoms with E-state index in [1.54, 1.807) is 11.9 Å². The van der Waals surface area contributed by atoms with Crippen LogP contribution in [-0.2, 0) is 0 Å². The molecule has 19 rings (SSSR count). The highest BCUT2D eigenvalue weighted by Crippen LogP contribution is 2.49. The van der Waals surface area contributed by atoms with Gasteiger partial charge in [0.1, 0.15) is 46.0 Å². The molecular formula is C79H52B3N5O4S. The molecule has 0 aliphatic carbocycles. The predicted molar refractivity (Wildman–Crippen MR) is 382 cm³/mol. The average Bonchev–Trinajstić information content (AvgIpc) is 0.708. The number of fused-ring (bicyclic) bond motifs is 12. The minimum atomic E-state index is -0.311. The fraction of sp³-hybridized carbons (Fsp3) is 0.0127. The minimum Gasteiger partial charge on any atom is -0.458 e. The van der Waals surface area contributed by atoms with Gasteiger partial charge in [-0.3, -0.25) is 4.31 Å². The molecule has 6 heterocycles. The highest BCUT2D eigenvalue weighted by atomic mass is 32.2. The predicted octanol–water partition coefficient (Wildman–Crippen LogP) is 14.9. The third-order valence-corrected chi connectivity index (χ3v) is 19.6. The molecule has 0 unspecified atom stereocenters. The van der Waals surface area contributed by atoms with Gasteiger partial charge in [-0.2, -0.15) is 0 Å². The van der Waals surface area contributed by atoms with Crippen LogP contribution in [-0.4, -0.2) is 26.4 Å². The van der Waals surface area contributed by atoms with E-state index in [2.05, 4.69) is 322 Å². The zero-order valence-corrected chi connectivity index (χ0v) is 50.6. The van der Waals surface area contributed by atoms with Gasteiger partial charge in [0.05, 0.1) is 28.4 Å². The summed E-state index contributed by atoms with van der Waals surface area (Å²) >= 11 is 1.69.